The summed E-state index contributed by atoms with van der Waals surface area (Å²) in [6.07, 6.45) is 68.0. The highest BCUT2D eigenvalue weighted by molar-refractivity contribution is 5.71. The molecule has 0 saturated heterocycles. The van der Waals surface area contributed by atoms with Gasteiger partial charge >= 0.3 is 17.9 Å². The lowest BCUT2D eigenvalue weighted by Gasteiger charge is -2.18. The number of allylic oxidation sites excluding steroid dienone is 18. The zero-order chi connectivity index (χ0) is 45.8. The molecule has 6 heteroatoms. The standard InChI is InChI=1S/C57H92O6/c1-4-7-10-13-16-19-22-24-26-27-28-29-31-32-35-38-41-44-47-50-56(59)62-53-54(52-61-55(58)49-46-43-40-37-34-21-18-15-12-9-6-3)63-57(60)51-48-45-42-39-36-33-30-25-23-20-17-14-11-8-5-2/h7-8,10-11,16-17,19-20,24-26,28-30,32,35,41,44,54H,4-6,9,12-15,18,21-23,27,31,33-34,36-40,42-43,45-53H2,1-3H3/b10-7-,11-8-,19-16-,20-17-,26-24-,29-28-,30-25-,35-32-,44-41-. The van der Waals surface area contributed by atoms with E-state index in [1.165, 1.54) is 51.4 Å². The van der Waals surface area contributed by atoms with Crippen LogP contribution in [0, 0.1) is 0 Å². The molecule has 63 heavy (non-hydrogen) atoms. The predicted molar refractivity (Wildman–Crippen MR) is 270 cm³/mol. The molecule has 0 aliphatic heterocycles. The van der Waals surface area contributed by atoms with E-state index in [0.717, 1.165) is 116 Å². The summed E-state index contributed by atoms with van der Waals surface area (Å²) in [5.41, 5.74) is 0. The van der Waals surface area contributed by atoms with Crippen molar-refractivity contribution in [2.75, 3.05) is 13.2 Å². The molecule has 0 fully saturated rings. The molecule has 0 saturated carbocycles. The molecule has 6 nitrogen and oxygen atoms in total. The van der Waals surface area contributed by atoms with Crippen molar-refractivity contribution in [2.24, 2.45) is 0 Å². The molecule has 0 heterocycles. The number of hydrogen-bond donors (Lipinski definition) is 0. The number of hydrogen-bond acceptors (Lipinski definition) is 6. The Kier molecular flexibility index (Phi) is 47.5. The zero-order valence-electron chi connectivity index (χ0n) is 40.5. The van der Waals surface area contributed by atoms with E-state index in [4.69, 9.17) is 14.2 Å². The first-order chi connectivity index (χ1) is 31.0. The Morgan fingerprint density at radius 3 is 1.06 bits per heavy atom. The molecule has 0 aliphatic carbocycles. The van der Waals surface area contributed by atoms with Crippen LogP contribution in [0.25, 0.3) is 0 Å². The van der Waals surface area contributed by atoms with Crippen LogP contribution in [-0.2, 0) is 28.6 Å². The smallest absolute Gasteiger partial charge is 0.306 e. The summed E-state index contributed by atoms with van der Waals surface area (Å²) in [6, 6.07) is 0. The number of carbonyl (C=O) groups is 3. The minimum Gasteiger partial charge on any atom is -0.462 e. The average Bonchev–Trinajstić information content (AvgIpc) is 3.28. The molecular formula is C57H92O6. The zero-order valence-corrected chi connectivity index (χ0v) is 40.5. The van der Waals surface area contributed by atoms with E-state index in [0.29, 0.717) is 19.3 Å². The second-order valence-corrected chi connectivity index (χ2v) is 16.3. The summed E-state index contributed by atoms with van der Waals surface area (Å²) in [5.74, 6) is -1.02. The van der Waals surface area contributed by atoms with Crippen molar-refractivity contribution in [2.45, 2.75) is 219 Å². The minimum absolute atomic E-state index is 0.109. The molecule has 0 aromatic carbocycles. The van der Waals surface area contributed by atoms with Gasteiger partial charge in [0, 0.05) is 19.3 Å². The van der Waals surface area contributed by atoms with Gasteiger partial charge in [0.05, 0.1) is 0 Å². The molecule has 0 rings (SSSR count). The van der Waals surface area contributed by atoms with E-state index in [1.807, 2.05) is 12.2 Å². The summed E-state index contributed by atoms with van der Waals surface area (Å²) >= 11 is 0. The number of ether oxygens (including phenoxy) is 3. The molecule has 0 aliphatic rings. The molecule has 0 radical (unpaired) electrons. The van der Waals surface area contributed by atoms with Gasteiger partial charge in [0.25, 0.3) is 0 Å². The third kappa shape index (κ3) is 49.0. The van der Waals surface area contributed by atoms with Gasteiger partial charge in [-0.3, -0.25) is 14.4 Å². The topological polar surface area (TPSA) is 78.9 Å². The molecule has 1 unspecified atom stereocenters. The number of unbranched alkanes of at least 4 members (excludes halogenated alkanes) is 15. The fourth-order valence-corrected chi connectivity index (χ4v) is 6.54. The van der Waals surface area contributed by atoms with Crippen LogP contribution in [0.5, 0.6) is 0 Å². The first-order valence-electron chi connectivity index (χ1n) is 25.4. The van der Waals surface area contributed by atoms with Crippen molar-refractivity contribution in [1.82, 2.24) is 0 Å². The van der Waals surface area contributed by atoms with Crippen LogP contribution in [0.4, 0.5) is 0 Å². The fourth-order valence-electron chi connectivity index (χ4n) is 6.54. The van der Waals surface area contributed by atoms with Crippen molar-refractivity contribution in [3.63, 3.8) is 0 Å². The summed E-state index contributed by atoms with van der Waals surface area (Å²) in [6.45, 7) is 6.31. The van der Waals surface area contributed by atoms with Gasteiger partial charge in [-0.15, -0.1) is 0 Å². The maximum Gasteiger partial charge on any atom is 0.306 e. The van der Waals surface area contributed by atoms with Crippen molar-refractivity contribution < 1.29 is 28.6 Å². The molecule has 0 aromatic rings. The Labute approximate surface area is 387 Å². The van der Waals surface area contributed by atoms with Gasteiger partial charge in [0.1, 0.15) is 13.2 Å². The van der Waals surface area contributed by atoms with Crippen molar-refractivity contribution >= 4 is 17.9 Å². The summed E-state index contributed by atoms with van der Waals surface area (Å²) in [5, 5.41) is 0. The highest BCUT2D eigenvalue weighted by Crippen LogP contribution is 2.13. The summed E-state index contributed by atoms with van der Waals surface area (Å²) in [4.78, 5) is 37.9. The van der Waals surface area contributed by atoms with Gasteiger partial charge < -0.3 is 14.2 Å². The SMILES string of the molecule is CC/C=C\C/C=C\C/C=C\C/C=C\C/C=C\C/C=C\CCC(=O)OCC(COC(=O)CCCCCCCCCCCCC)OC(=O)CCCCCCC/C=C\C/C=C\C/C=C\CC. The number of carbonyl (C=O) groups excluding carboxylic acids is 3. The van der Waals surface area contributed by atoms with Crippen LogP contribution >= 0.6 is 0 Å². The lowest BCUT2D eigenvalue weighted by atomic mass is 10.1. The van der Waals surface area contributed by atoms with E-state index < -0.39 is 6.10 Å². The number of esters is 3. The van der Waals surface area contributed by atoms with Crippen molar-refractivity contribution in [3.8, 4) is 0 Å². The van der Waals surface area contributed by atoms with Gasteiger partial charge in [-0.05, 0) is 89.9 Å². The van der Waals surface area contributed by atoms with Crippen LogP contribution in [0.3, 0.4) is 0 Å². The van der Waals surface area contributed by atoms with Crippen LogP contribution in [-0.4, -0.2) is 37.2 Å². The Balaban J connectivity index is 4.53. The molecule has 1 atom stereocenters. The first-order valence-corrected chi connectivity index (χ1v) is 25.4. The van der Waals surface area contributed by atoms with Gasteiger partial charge in [0.2, 0.25) is 0 Å². The molecular weight excluding hydrogens is 781 g/mol. The van der Waals surface area contributed by atoms with Gasteiger partial charge in [-0.25, -0.2) is 0 Å². The van der Waals surface area contributed by atoms with Crippen molar-refractivity contribution in [3.05, 3.63) is 109 Å². The monoisotopic (exact) mass is 873 g/mol. The van der Waals surface area contributed by atoms with Crippen LogP contribution < -0.4 is 0 Å². The Morgan fingerprint density at radius 1 is 0.333 bits per heavy atom. The normalized spacial score (nSPS) is 13.0. The highest BCUT2D eigenvalue weighted by atomic mass is 16.6. The third-order valence-corrected chi connectivity index (χ3v) is 10.3. The molecule has 0 amide bonds. The fraction of sp³-hybridized carbons (Fsp3) is 0.632. The Morgan fingerprint density at radius 2 is 0.651 bits per heavy atom. The number of rotatable bonds is 44. The molecule has 0 aromatic heterocycles. The lowest BCUT2D eigenvalue weighted by Crippen LogP contribution is -2.30. The molecule has 0 bridgehead atoms. The Hall–Kier alpha value is -3.93. The predicted octanol–water partition coefficient (Wildman–Crippen LogP) is 16.8. The maximum atomic E-state index is 12.8. The van der Waals surface area contributed by atoms with Crippen LogP contribution in [0.1, 0.15) is 213 Å². The van der Waals surface area contributed by atoms with E-state index in [-0.39, 0.29) is 37.5 Å². The Bertz CT molecular complexity index is 1330. The van der Waals surface area contributed by atoms with Crippen LogP contribution in [0.2, 0.25) is 0 Å². The second kappa shape index (κ2) is 50.7. The molecule has 0 N–H and O–H groups in total. The largest absolute Gasteiger partial charge is 0.462 e. The lowest BCUT2D eigenvalue weighted by molar-refractivity contribution is -0.166. The third-order valence-electron chi connectivity index (χ3n) is 10.3. The van der Waals surface area contributed by atoms with E-state index >= 15 is 0 Å². The molecule has 0 spiro atoms. The van der Waals surface area contributed by atoms with Crippen LogP contribution in [0.15, 0.2) is 109 Å². The van der Waals surface area contributed by atoms with E-state index in [2.05, 4.69) is 118 Å². The summed E-state index contributed by atoms with van der Waals surface area (Å²) in [7, 11) is 0. The van der Waals surface area contributed by atoms with Gasteiger partial charge in [-0.2, -0.15) is 0 Å². The molecule has 356 valence electrons. The maximum absolute atomic E-state index is 12.8. The van der Waals surface area contributed by atoms with Crippen molar-refractivity contribution in [1.29, 1.82) is 0 Å². The van der Waals surface area contributed by atoms with E-state index in [9.17, 15) is 14.4 Å². The average molecular weight is 873 g/mol. The van der Waals surface area contributed by atoms with E-state index in [1.54, 1.807) is 0 Å². The van der Waals surface area contributed by atoms with Gasteiger partial charge in [0.15, 0.2) is 6.10 Å². The van der Waals surface area contributed by atoms with Gasteiger partial charge in [-0.1, -0.05) is 214 Å². The first kappa shape index (κ1) is 59.1. The summed E-state index contributed by atoms with van der Waals surface area (Å²) < 4.78 is 16.7. The minimum atomic E-state index is -0.817. The highest BCUT2D eigenvalue weighted by Gasteiger charge is 2.19. The quantitative estimate of drug-likeness (QED) is 0.0263. The second-order valence-electron chi connectivity index (χ2n) is 16.3.